The lowest BCUT2D eigenvalue weighted by Crippen LogP contribution is -1.87. The van der Waals surface area contributed by atoms with Crippen LogP contribution in [0.4, 0.5) is 0 Å². The quantitative estimate of drug-likeness (QED) is 0.836. The van der Waals surface area contributed by atoms with Gasteiger partial charge in [-0.15, -0.1) is 0 Å². The second-order valence-corrected chi connectivity index (χ2v) is 5.87. The van der Waals surface area contributed by atoms with Crippen LogP contribution in [0.2, 0.25) is 0 Å². The molecule has 0 aliphatic carbocycles. The van der Waals surface area contributed by atoms with Crippen molar-refractivity contribution in [2.75, 3.05) is 0 Å². The Morgan fingerprint density at radius 1 is 0.889 bits per heavy atom. The molecule has 0 amide bonds. The van der Waals surface area contributed by atoms with Crippen molar-refractivity contribution >= 4 is 11.8 Å². The number of aromatic hydroxyl groups is 1. The number of aryl methyl sites for hydroxylation is 3. The van der Waals surface area contributed by atoms with E-state index in [0.29, 0.717) is 5.75 Å². The van der Waals surface area contributed by atoms with Crippen LogP contribution in [0.3, 0.4) is 0 Å². The van der Waals surface area contributed by atoms with Gasteiger partial charge in [0.15, 0.2) is 0 Å². The molecule has 2 heteroatoms. The van der Waals surface area contributed by atoms with Crippen molar-refractivity contribution in [2.45, 2.75) is 37.5 Å². The number of hydrogen-bond acceptors (Lipinski definition) is 2. The van der Waals surface area contributed by atoms with Crippen molar-refractivity contribution in [1.82, 2.24) is 0 Å². The van der Waals surface area contributed by atoms with Crippen molar-refractivity contribution < 1.29 is 5.11 Å². The first kappa shape index (κ1) is 13.0. The van der Waals surface area contributed by atoms with Crippen LogP contribution in [0.15, 0.2) is 40.1 Å². The molecule has 0 aromatic heterocycles. The van der Waals surface area contributed by atoms with E-state index in [1.165, 1.54) is 26.5 Å². The van der Waals surface area contributed by atoms with E-state index in [9.17, 15) is 5.11 Å². The van der Waals surface area contributed by atoms with Gasteiger partial charge in [-0.25, -0.2) is 0 Å². The van der Waals surface area contributed by atoms with Crippen LogP contribution in [0.1, 0.15) is 22.3 Å². The first-order valence-corrected chi connectivity index (χ1v) is 6.84. The van der Waals surface area contributed by atoms with E-state index in [2.05, 4.69) is 32.9 Å². The lowest BCUT2D eigenvalue weighted by atomic mass is 10.1. The van der Waals surface area contributed by atoms with Crippen molar-refractivity contribution in [1.29, 1.82) is 0 Å². The molecular weight excluding hydrogens is 240 g/mol. The Balaban J connectivity index is 2.36. The third kappa shape index (κ3) is 2.70. The molecule has 0 fully saturated rings. The first-order chi connectivity index (χ1) is 8.47. The van der Waals surface area contributed by atoms with Gasteiger partial charge in [0.2, 0.25) is 0 Å². The average Bonchev–Trinajstić information content (AvgIpc) is 2.30. The van der Waals surface area contributed by atoms with Gasteiger partial charge in [-0.2, -0.15) is 0 Å². The minimum atomic E-state index is 0.358. The molecule has 2 rings (SSSR count). The molecule has 0 atom stereocenters. The Bertz CT molecular complexity index is 588. The highest BCUT2D eigenvalue weighted by molar-refractivity contribution is 7.99. The zero-order valence-electron chi connectivity index (χ0n) is 11.2. The molecule has 18 heavy (non-hydrogen) atoms. The number of phenols is 1. The maximum atomic E-state index is 9.54. The van der Waals surface area contributed by atoms with E-state index >= 15 is 0 Å². The molecule has 1 N–H and O–H groups in total. The van der Waals surface area contributed by atoms with E-state index in [0.717, 1.165) is 5.56 Å². The molecule has 1 nitrogen and oxygen atoms in total. The molecule has 0 bridgehead atoms. The summed E-state index contributed by atoms with van der Waals surface area (Å²) in [6, 6.07) is 10.2. The standard InChI is InChI=1S/C16H18OS/c1-10-7-11(2)13(4)16(8-10)18-14-5-6-15(17)12(3)9-14/h5-9,17H,1-4H3. The summed E-state index contributed by atoms with van der Waals surface area (Å²) in [5.74, 6) is 0.358. The lowest BCUT2D eigenvalue weighted by Gasteiger charge is -2.10. The van der Waals surface area contributed by atoms with Crippen LogP contribution in [0.25, 0.3) is 0 Å². The van der Waals surface area contributed by atoms with Crippen LogP contribution in [0.5, 0.6) is 5.75 Å². The molecular formula is C16H18OS. The van der Waals surface area contributed by atoms with Gasteiger partial charge in [-0.1, -0.05) is 17.8 Å². The second kappa shape index (κ2) is 5.07. The Kier molecular flexibility index (Phi) is 3.67. The van der Waals surface area contributed by atoms with Crippen molar-refractivity contribution in [2.24, 2.45) is 0 Å². The highest BCUT2D eigenvalue weighted by Crippen LogP contribution is 2.34. The van der Waals surface area contributed by atoms with Gasteiger partial charge in [-0.05, 0) is 74.2 Å². The minimum Gasteiger partial charge on any atom is -0.508 e. The Morgan fingerprint density at radius 2 is 1.61 bits per heavy atom. The van der Waals surface area contributed by atoms with E-state index in [1.54, 1.807) is 17.8 Å². The minimum absolute atomic E-state index is 0.358. The molecule has 0 spiro atoms. The Hall–Kier alpha value is -1.41. The van der Waals surface area contributed by atoms with Gasteiger partial charge >= 0.3 is 0 Å². The Labute approximate surface area is 113 Å². The molecule has 94 valence electrons. The summed E-state index contributed by atoms with van der Waals surface area (Å²) in [5.41, 5.74) is 4.86. The summed E-state index contributed by atoms with van der Waals surface area (Å²) >= 11 is 1.75. The topological polar surface area (TPSA) is 20.2 Å². The van der Waals surface area contributed by atoms with Crippen molar-refractivity contribution in [3.05, 3.63) is 52.6 Å². The zero-order valence-corrected chi connectivity index (χ0v) is 12.1. The SMILES string of the molecule is Cc1cc(C)c(C)c(Sc2ccc(O)c(C)c2)c1. The molecule has 0 radical (unpaired) electrons. The van der Waals surface area contributed by atoms with Crippen LogP contribution < -0.4 is 0 Å². The molecule has 0 aliphatic heterocycles. The third-order valence-corrected chi connectivity index (χ3v) is 4.29. The fraction of sp³-hybridized carbons (Fsp3) is 0.250. The van der Waals surface area contributed by atoms with E-state index in [4.69, 9.17) is 0 Å². The lowest BCUT2D eigenvalue weighted by molar-refractivity contribution is 0.470. The normalized spacial score (nSPS) is 10.7. The van der Waals surface area contributed by atoms with E-state index < -0.39 is 0 Å². The van der Waals surface area contributed by atoms with Crippen molar-refractivity contribution in [3.8, 4) is 5.75 Å². The molecule has 0 saturated carbocycles. The molecule has 0 saturated heterocycles. The summed E-state index contributed by atoms with van der Waals surface area (Å²) < 4.78 is 0. The third-order valence-electron chi connectivity index (χ3n) is 3.16. The number of benzene rings is 2. The summed E-state index contributed by atoms with van der Waals surface area (Å²) in [7, 11) is 0. The summed E-state index contributed by atoms with van der Waals surface area (Å²) in [6.45, 7) is 8.35. The maximum absolute atomic E-state index is 9.54. The number of phenolic OH excluding ortho intramolecular Hbond substituents is 1. The number of hydrogen-bond donors (Lipinski definition) is 1. The van der Waals surface area contributed by atoms with Gasteiger partial charge in [0.05, 0.1) is 0 Å². The zero-order chi connectivity index (χ0) is 13.3. The maximum Gasteiger partial charge on any atom is 0.118 e. The smallest absolute Gasteiger partial charge is 0.118 e. The van der Waals surface area contributed by atoms with Gasteiger partial charge < -0.3 is 5.11 Å². The molecule has 0 aliphatic rings. The summed E-state index contributed by atoms with van der Waals surface area (Å²) in [5, 5.41) is 9.54. The van der Waals surface area contributed by atoms with Crippen LogP contribution in [-0.2, 0) is 0 Å². The van der Waals surface area contributed by atoms with Crippen LogP contribution in [0, 0.1) is 27.7 Å². The first-order valence-electron chi connectivity index (χ1n) is 6.02. The fourth-order valence-electron chi connectivity index (χ4n) is 1.93. The largest absolute Gasteiger partial charge is 0.508 e. The molecule has 0 heterocycles. The highest BCUT2D eigenvalue weighted by atomic mass is 32.2. The molecule has 2 aromatic rings. The molecule has 2 aromatic carbocycles. The van der Waals surface area contributed by atoms with E-state index in [1.807, 2.05) is 19.1 Å². The monoisotopic (exact) mass is 258 g/mol. The van der Waals surface area contributed by atoms with Gasteiger partial charge in [0, 0.05) is 9.79 Å². The Morgan fingerprint density at radius 3 is 2.28 bits per heavy atom. The summed E-state index contributed by atoms with van der Waals surface area (Å²) in [6.07, 6.45) is 0. The van der Waals surface area contributed by atoms with Gasteiger partial charge in [-0.3, -0.25) is 0 Å². The van der Waals surface area contributed by atoms with E-state index in [-0.39, 0.29) is 0 Å². The fourth-order valence-corrected chi connectivity index (χ4v) is 3.11. The van der Waals surface area contributed by atoms with Gasteiger partial charge in [0.25, 0.3) is 0 Å². The van der Waals surface area contributed by atoms with Crippen LogP contribution >= 0.6 is 11.8 Å². The van der Waals surface area contributed by atoms with Gasteiger partial charge in [0.1, 0.15) is 5.75 Å². The predicted octanol–water partition coefficient (Wildman–Crippen LogP) is 4.78. The summed E-state index contributed by atoms with van der Waals surface area (Å²) in [4.78, 5) is 2.45. The predicted molar refractivity (Wildman–Crippen MR) is 77.6 cm³/mol. The average molecular weight is 258 g/mol. The highest BCUT2D eigenvalue weighted by Gasteiger charge is 2.06. The molecule has 0 unspecified atom stereocenters. The van der Waals surface area contributed by atoms with Crippen LogP contribution in [-0.4, -0.2) is 5.11 Å². The second-order valence-electron chi connectivity index (χ2n) is 4.76. The van der Waals surface area contributed by atoms with Crippen molar-refractivity contribution in [3.63, 3.8) is 0 Å². The number of rotatable bonds is 2.